The molecule has 0 bridgehead atoms. The Bertz CT molecular complexity index is 2550. The van der Waals surface area contributed by atoms with Gasteiger partial charge in [0, 0.05) is 254 Å². The zero-order valence-electron chi connectivity index (χ0n) is 68.0. The minimum absolute atomic E-state index is 0.453. The van der Waals surface area contributed by atoms with E-state index in [1.165, 1.54) is 16.7 Å². The Kier molecular flexibility index (Phi) is 56.1. The molecule has 3 heterocycles. The Morgan fingerprint density at radius 1 is 0.180 bits per heavy atom. The van der Waals surface area contributed by atoms with Crippen molar-refractivity contribution >= 4 is 0 Å². The van der Waals surface area contributed by atoms with Gasteiger partial charge in [-0.15, -0.1) is 0 Å². The molecule has 0 spiro atoms. The molecular formula is C84H135N27. The minimum atomic E-state index is 0.453. The highest BCUT2D eigenvalue weighted by Gasteiger charge is 2.24. The maximum atomic E-state index is 9.31. The van der Waals surface area contributed by atoms with Gasteiger partial charge in [0.05, 0.1) is 72.8 Å². The first-order valence-corrected chi connectivity index (χ1v) is 41.9. The monoisotopic (exact) mass is 1520 g/mol. The molecule has 0 unspecified atom stereocenters. The Hall–Kier alpha value is -7.50. The van der Waals surface area contributed by atoms with Crippen LogP contribution in [0.4, 0.5) is 0 Å². The quantitative estimate of drug-likeness (QED) is 0.0620. The molecule has 0 aliphatic carbocycles. The van der Waals surface area contributed by atoms with Crippen molar-refractivity contribution in [1.29, 1.82) is 63.1 Å². The molecule has 0 radical (unpaired) electrons. The van der Waals surface area contributed by atoms with Crippen molar-refractivity contribution in [2.45, 2.75) is 154 Å². The molecule has 3 aliphatic rings. The van der Waals surface area contributed by atoms with Gasteiger partial charge in [-0.05, 0) is 192 Å². The highest BCUT2D eigenvalue weighted by molar-refractivity contribution is 5.31. The summed E-state index contributed by atoms with van der Waals surface area (Å²) in [6.07, 6.45) is 14.4. The van der Waals surface area contributed by atoms with Crippen molar-refractivity contribution in [1.82, 2.24) is 73.5 Å². The molecule has 3 fully saturated rings. The van der Waals surface area contributed by atoms with Gasteiger partial charge in [-0.2, -0.15) is 63.1 Å². The third-order valence-corrected chi connectivity index (χ3v) is 21.7. The second kappa shape index (κ2) is 65.0. The lowest BCUT2D eigenvalue weighted by atomic mass is 10.0. The first-order chi connectivity index (χ1) is 54.5. The van der Waals surface area contributed by atoms with E-state index in [0.29, 0.717) is 156 Å². The molecule has 1 aromatic rings. The zero-order valence-corrected chi connectivity index (χ0v) is 68.0. The summed E-state index contributed by atoms with van der Waals surface area (Å²) in [4.78, 5) is 37.1. The summed E-state index contributed by atoms with van der Waals surface area (Å²) in [6, 6.07) is 34.7. The molecule has 0 N–H and O–H groups in total. The SMILES string of the molecule is N#CCCN(CCC#N)CCCN(CCCN(CCC#N)CCC#N)CCCN1CCN(Cc2cc(CN3CCN(CCCN(CCCN(CCC#N)CCC#N)CCCN(CCC#N)CCC#N)CC3)cc(CN3CCN(CCCN(CCCN(CCC#N)CCC#N)CCCN(CCC#N)CCC#N)CC3)c2)CC1. The standard InChI is InChI=1S/C84H135N27/c85-22-1-34-97(35-2-23-86)46-13-52-103(53-14-47-98(36-3-24-87)37-4-25-88)58-19-61-106-64-70-109(71-65-106)79-82-76-83(80-110-72-66-107(67-73-110)62-20-59-104(54-15-48-99(38-5-26-89)39-6-27-90)55-16-49-100(40-7-28-91)41-8-29-92)78-84(77-82)81-111-74-68-108(69-75-111)63-21-60-105(56-17-50-101(42-9-30-93)43-10-31-94)57-18-51-102(44-11-32-95)45-12-33-96/h76-78H,1-21,34-75,79-81H2. The van der Waals surface area contributed by atoms with Gasteiger partial charge in [-0.25, -0.2) is 0 Å². The van der Waals surface area contributed by atoms with Gasteiger partial charge < -0.3 is 58.8 Å². The van der Waals surface area contributed by atoms with Crippen LogP contribution in [0.2, 0.25) is 0 Å². The number of hydrogen-bond acceptors (Lipinski definition) is 27. The third kappa shape index (κ3) is 46.9. The molecule has 3 aliphatic heterocycles. The summed E-state index contributed by atoms with van der Waals surface area (Å²) in [6.45, 7) is 39.9. The van der Waals surface area contributed by atoms with Crippen LogP contribution in [-0.2, 0) is 19.6 Å². The van der Waals surface area contributed by atoms with Gasteiger partial charge >= 0.3 is 0 Å². The van der Waals surface area contributed by atoms with Gasteiger partial charge in [0.1, 0.15) is 0 Å². The third-order valence-electron chi connectivity index (χ3n) is 21.7. The van der Waals surface area contributed by atoms with Crippen LogP contribution in [0.25, 0.3) is 0 Å². The maximum Gasteiger partial charge on any atom is 0.0635 e. The number of rotatable bonds is 66. The number of benzene rings is 1. The average molecular weight is 1520 g/mol. The summed E-state index contributed by atoms with van der Waals surface area (Å²) < 4.78 is 0. The largest absolute Gasteiger partial charge is 0.303 e. The van der Waals surface area contributed by atoms with Crippen molar-refractivity contribution in [3.63, 3.8) is 0 Å². The molecule has 4 rings (SSSR count). The van der Waals surface area contributed by atoms with E-state index in [0.717, 1.165) is 274 Å². The van der Waals surface area contributed by atoms with E-state index in [2.05, 4.69) is 165 Å². The topological polar surface area (TPSA) is 334 Å². The van der Waals surface area contributed by atoms with E-state index >= 15 is 0 Å². The number of piperazine rings is 3. The molecule has 0 atom stereocenters. The highest BCUT2D eigenvalue weighted by Crippen LogP contribution is 2.21. The van der Waals surface area contributed by atoms with Crippen LogP contribution in [0.1, 0.15) is 152 Å². The van der Waals surface area contributed by atoms with Crippen LogP contribution in [0.3, 0.4) is 0 Å². The predicted octanol–water partition coefficient (Wildman–Crippen LogP) is 7.23. The van der Waals surface area contributed by atoms with Crippen molar-refractivity contribution in [3.05, 3.63) is 34.9 Å². The number of hydrogen-bond donors (Lipinski definition) is 0. The van der Waals surface area contributed by atoms with Crippen molar-refractivity contribution < 1.29 is 0 Å². The van der Waals surface area contributed by atoms with Crippen molar-refractivity contribution in [2.24, 2.45) is 0 Å². The molecule has 0 aromatic heterocycles. The molecule has 27 nitrogen and oxygen atoms in total. The fourth-order valence-electron chi connectivity index (χ4n) is 15.6. The van der Waals surface area contributed by atoms with Crippen molar-refractivity contribution in [3.8, 4) is 72.8 Å². The van der Waals surface area contributed by atoms with E-state index in [1.54, 1.807) is 0 Å². The normalized spacial score (nSPS) is 14.8. The fourth-order valence-corrected chi connectivity index (χ4v) is 15.6. The second-order valence-electron chi connectivity index (χ2n) is 30.2. The van der Waals surface area contributed by atoms with E-state index < -0.39 is 0 Å². The van der Waals surface area contributed by atoms with Crippen LogP contribution in [0.5, 0.6) is 0 Å². The predicted molar refractivity (Wildman–Crippen MR) is 434 cm³/mol. The fraction of sp³-hybridized carbons (Fsp3) is 0.786. The Morgan fingerprint density at radius 3 is 0.450 bits per heavy atom. The Balaban J connectivity index is 1.44. The molecule has 606 valence electrons. The highest BCUT2D eigenvalue weighted by atomic mass is 15.3. The van der Waals surface area contributed by atoms with Crippen molar-refractivity contribution in [2.75, 3.05) is 275 Å². The van der Waals surface area contributed by atoms with E-state index in [1.807, 2.05) is 0 Å². The first-order valence-electron chi connectivity index (χ1n) is 41.9. The average Bonchev–Trinajstić information content (AvgIpc) is 0.833. The summed E-state index contributed by atoms with van der Waals surface area (Å²) in [7, 11) is 0. The van der Waals surface area contributed by atoms with Gasteiger partial charge in [0.15, 0.2) is 0 Å². The van der Waals surface area contributed by atoms with Gasteiger partial charge in [-0.1, -0.05) is 18.2 Å². The van der Waals surface area contributed by atoms with Crippen LogP contribution in [0, 0.1) is 136 Å². The van der Waals surface area contributed by atoms with E-state index in [9.17, 15) is 63.1 Å². The van der Waals surface area contributed by atoms with Gasteiger partial charge in [-0.3, -0.25) is 14.7 Å². The number of nitriles is 12. The minimum Gasteiger partial charge on any atom is -0.303 e. The molecule has 0 amide bonds. The number of nitrogens with zero attached hydrogens (tertiary/aromatic N) is 27. The lowest BCUT2D eigenvalue weighted by Gasteiger charge is -2.37. The Labute approximate surface area is 670 Å². The summed E-state index contributed by atoms with van der Waals surface area (Å²) in [5.74, 6) is 0. The summed E-state index contributed by atoms with van der Waals surface area (Å²) >= 11 is 0. The summed E-state index contributed by atoms with van der Waals surface area (Å²) in [5.41, 5.74) is 4.16. The molecule has 27 heteroatoms. The smallest absolute Gasteiger partial charge is 0.0635 e. The molecule has 0 saturated carbocycles. The molecule has 111 heavy (non-hydrogen) atoms. The van der Waals surface area contributed by atoms with Crippen LogP contribution in [0.15, 0.2) is 18.2 Å². The van der Waals surface area contributed by atoms with Crippen LogP contribution in [-0.4, -0.2) is 348 Å². The van der Waals surface area contributed by atoms with E-state index in [4.69, 9.17) is 0 Å². The molecule has 1 aromatic carbocycles. The zero-order chi connectivity index (χ0) is 79.7. The van der Waals surface area contributed by atoms with Crippen LogP contribution < -0.4 is 0 Å². The summed E-state index contributed by atoms with van der Waals surface area (Å²) in [5, 5.41) is 112. The van der Waals surface area contributed by atoms with Gasteiger partial charge in [0.2, 0.25) is 0 Å². The Morgan fingerprint density at radius 2 is 0.306 bits per heavy atom. The van der Waals surface area contributed by atoms with Crippen LogP contribution >= 0.6 is 0 Å². The second-order valence-corrected chi connectivity index (χ2v) is 30.2. The lowest BCUT2D eigenvalue weighted by molar-refractivity contribution is 0.118. The van der Waals surface area contributed by atoms with E-state index in [-0.39, 0.29) is 0 Å². The molecular weight excluding hydrogens is 1390 g/mol. The first kappa shape index (κ1) is 95.9. The lowest BCUT2D eigenvalue weighted by Crippen LogP contribution is -2.47. The van der Waals surface area contributed by atoms with Gasteiger partial charge in [0.25, 0.3) is 0 Å². The molecule has 3 saturated heterocycles. The maximum absolute atomic E-state index is 9.31.